The topological polar surface area (TPSA) is 44.4 Å². The van der Waals surface area contributed by atoms with Crippen molar-refractivity contribution < 1.29 is 9.18 Å². The van der Waals surface area contributed by atoms with Gasteiger partial charge in [-0.2, -0.15) is 0 Å². The lowest BCUT2D eigenvalue weighted by atomic mass is 10.1. The summed E-state index contributed by atoms with van der Waals surface area (Å²) < 4.78 is 12.9. The lowest BCUT2D eigenvalue weighted by Crippen LogP contribution is -2.16. The first-order chi connectivity index (χ1) is 11.5. The fourth-order valence-electron chi connectivity index (χ4n) is 2.29. The molecule has 128 valence electrons. The van der Waals surface area contributed by atoms with Crippen LogP contribution in [0.15, 0.2) is 48.5 Å². The molecule has 0 bridgehead atoms. The number of halogens is 1. The molecule has 0 radical (unpaired) electrons. The van der Waals surface area contributed by atoms with Crippen LogP contribution in [0.4, 0.5) is 15.8 Å². The number of anilines is 2. The first-order valence-electron chi connectivity index (χ1n) is 8.06. The molecule has 0 saturated heterocycles. The highest BCUT2D eigenvalue weighted by Gasteiger charge is 2.04. The van der Waals surface area contributed by atoms with Gasteiger partial charge in [0.2, 0.25) is 5.91 Å². The van der Waals surface area contributed by atoms with Gasteiger partial charge in [0.25, 0.3) is 0 Å². The Morgan fingerprint density at radius 1 is 1.00 bits per heavy atom. The molecule has 2 N–H and O–H groups in total. The zero-order valence-electron chi connectivity index (χ0n) is 14.2. The molecular weight excluding hydrogens is 305 g/mol. The second-order valence-electron chi connectivity index (χ2n) is 6.01. The number of carbonyl (C=O) groups excluding carboxylic acids is 1. The standard InChI is InChI=1S/C19H24FN3O/c1-23(2)13-3-12-21-17-8-10-18(11-9-17)22-19(24)14-15-4-6-16(20)7-5-15/h4-11,21H,3,12-14H2,1-2H3,(H,22,24). The van der Waals surface area contributed by atoms with Crippen molar-refractivity contribution in [2.75, 3.05) is 37.8 Å². The van der Waals surface area contributed by atoms with Crippen LogP contribution in [0.25, 0.3) is 0 Å². The largest absolute Gasteiger partial charge is 0.385 e. The molecule has 0 spiro atoms. The summed E-state index contributed by atoms with van der Waals surface area (Å²) in [6.45, 7) is 1.96. The molecular formula is C19H24FN3O. The summed E-state index contributed by atoms with van der Waals surface area (Å²) in [4.78, 5) is 14.2. The highest BCUT2D eigenvalue weighted by Crippen LogP contribution is 2.14. The van der Waals surface area contributed by atoms with Gasteiger partial charge < -0.3 is 15.5 Å². The average Bonchev–Trinajstić information content (AvgIpc) is 2.55. The van der Waals surface area contributed by atoms with Crippen LogP contribution in [0.1, 0.15) is 12.0 Å². The number of hydrogen-bond acceptors (Lipinski definition) is 3. The van der Waals surface area contributed by atoms with E-state index in [1.807, 2.05) is 24.3 Å². The van der Waals surface area contributed by atoms with E-state index in [-0.39, 0.29) is 18.1 Å². The molecule has 0 heterocycles. The molecule has 2 rings (SSSR count). The summed E-state index contributed by atoms with van der Waals surface area (Å²) in [6.07, 6.45) is 1.30. The lowest BCUT2D eigenvalue weighted by molar-refractivity contribution is -0.115. The third-order valence-electron chi connectivity index (χ3n) is 3.56. The van der Waals surface area contributed by atoms with Crippen molar-refractivity contribution >= 4 is 17.3 Å². The number of hydrogen-bond donors (Lipinski definition) is 2. The fraction of sp³-hybridized carbons (Fsp3) is 0.316. The maximum absolute atomic E-state index is 12.9. The smallest absolute Gasteiger partial charge is 0.228 e. The maximum atomic E-state index is 12.9. The van der Waals surface area contributed by atoms with E-state index >= 15 is 0 Å². The predicted octanol–water partition coefficient (Wildman–Crippen LogP) is 3.37. The van der Waals surface area contributed by atoms with Crippen molar-refractivity contribution in [3.05, 3.63) is 59.9 Å². The minimum atomic E-state index is -0.298. The van der Waals surface area contributed by atoms with E-state index in [0.29, 0.717) is 0 Å². The third kappa shape index (κ3) is 6.38. The fourth-order valence-corrected chi connectivity index (χ4v) is 2.29. The number of carbonyl (C=O) groups is 1. The summed E-state index contributed by atoms with van der Waals surface area (Å²) in [6, 6.07) is 13.6. The van der Waals surface area contributed by atoms with Crippen LogP contribution in [-0.4, -0.2) is 38.0 Å². The SMILES string of the molecule is CN(C)CCCNc1ccc(NC(=O)Cc2ccc(F)cc2)cc1. The molecule has 1 amide bonds. The Bertz CT molecular complexity index is 639. The molecule has 0 fully saturated rings. The Kier molecular flexibility index (Phi) is 6.75. The van der Waals surface area contributed by atoms with Gasteiger partial charge in [-0.1, -0.05) is 12.1 Å². The molecule has 0 saturated carbocycles. The minimum Gasteiger partial charge on any atom is -0.385 e. The van der Waals surface area contributed by atoms with Gasteiger partial charge in [0.1, 0.15) is 5.82 Å². The zero-order valence-corrected chi connectivity index (χ0v) is 14.2. The predicted molar refractivity (Wildman–Crippen MR) is 96.8 cm³/mol. The van der Waals surface area contributed by atoms with E-state index in [4.69, 9.17) is 0 Å². The summed E-state index contributed by atoms with van der Waals surface area (Å²) in [5.74, 6) is -0.416. The van der Waals surface area contributed by atoms with Crippen LogP contribution < -0.4 is 10.6 Å². The molecule has 0 unspecified atom stereocenters. The molecule has 0 aliphatic rings. The van der Waals surface area contributed by atoms with E-state index in [1.54, 1.807) is 12.1 Å². The molecule has 0 aromatic heterocycles. The minimum absolute atomic E-state index is 0.117. The first-order valence-corrected chi connectivity index (χ1v) is 8.06. The highest BCUT2D eigenvalue weighted by atomic mass is 19.1. The summed E-state index contributed by atoms with van der Waals surface area (Å²) in [7, 11) is 4.12. The number of nitrogens with zero attached hydrogens (tertiary/aromatic N) is 1. The van der Waals surface area contributed by atoms with E-state index in [1.165, 1.54) is 12.1 Å². The Hall–Kier alpha value is -2.40. The second-order valence-corrected chi connectivity index (χ2v) is 6.01. The first kappa shape index (κ1) is 17.9. The highest BCUT2D eigenvalue weighted by molar-refractivity contribution is 5.92. The zero-order chi connectivity index (χ0) is 17.4. The van der Waals surface area contributed by atoms with Gasteiger partial charge in [0.05, 0.1) is 6.42 Å². The normalized spacial score (nSPS) is 10.7. The molecule has 5 heteroatoms. The third-order valence-corrected chi connectivity index (χ3v) is 3.56. The Balaban J connectivity index is 1.78. The molecule has 4 nitrogen and oxygen atoms in total. The van der Waals surface area contributed by atoms with E-state index in [0.717, 1.165) is 36.4 Å². The summed E-state index contributed by atoms with van der Waals surface area (Å²) in [5.41, 5.74) is 2.57. The van der Waals surface area contributed by atoms with E-state index in [9.17, 15) is 9.18 Å². The van der Waals surface area contributed by atoms with Crippen molar-refractivity contribution in [1.82, 2.24) is 4.90 Å². The van der Waals surface area contributed by atoms with Crippen LogP contribution >= 0.6 is 0 Å². The van der Waals surface area contributed by atoms with Crippen LogP contribution in [0, 0.1) is 5.82 Å². The Labute approximate surface area is 142 Å². The summed E-state index contributed by atoms with van der Waals surface area (Å²) in [5, 5.41) is 6.20. The maximum Gasteiger partial charge on any atom is 0.228 e. The van der Waals surface area contributed by atoms with Crippen molar-refractivity contribution in [3.63, 3.8) is 0 Å². The van der Waals surface area contributed by atoms with Crippen LogP contribution in [0.5, 0.6) is 0 Å². The second kappa shape index (κ2) is 9.03. The number of benzene rings is 2. The van der Waals surface area contributed by atoms with Gasteiger partial charge in [-0.25, -0.2) is 4.39 Å². The number of amides is 1. The Morgan fingerprint density at radius 2 is 1.62 bits per heavy atom. The van der Waals surface area contributed by atoms with Gasteiger partial charge in [-0.3, -0.25) is 4.79 Å². The van der Waals surface area contributed by atoms with Gasteiger partial charge in [-0.15, -0.1) is 0 Å². The van der Waals surface area contributed by atoms with Crippen molar-refractivity contribution in [3.8, 4) is 0 Å². The average molecular weight is 329 g/mol. The number of rotatable bonds is 8. The summed E-state index contributed by atoms with van der Waals surface area (Å²) >= 11 is 0. The molecule has 0 aliphatic heterocycles. The molecule has 2 aromatic rings. The van der Waals surface area contributed by atoms with Gasteiger partial charge in [-0.05, 0) is 69.0 Å². The van der Waals surface area contributed by atoms with Crippen LogP contribution in [-0.2, 0) is 11.2 Å². The van der Waals surface area contributed by atoms with Crippen LogP contribution in [0.3, 0.4) is 0 Å². The van der Waals surface area contributed by atoms with Crippen LogP contribution in [0.2, 0.25) is 0 Å². The molecule has 24 heavy (non-hydrogen) atoms. The van der Waals surface area contributed by atoms with E-state index in [2.05, 4.69) is 29.6 Å². The van der Waals surface area contributed by atoms with Crippen molar-refractivity contribution in [2.45, 2.75) is 12.8 Å². The van der Waals surface area contributed by atoms with Gasteiger partial charge in [0.15, 0.2) is 0 Å². The van der Waals surface area contributed by atoms with Crippen molar-refractivity contribution in [2.24, 2.45) is 0 Å². The quantitative estimate of drug-likeness (QED) is 0.730. The molecule has 0 aliphatic carbocycles. The lowest BCUT2D eigenvalue weighted by Gasteiger charge is -2.11. The Morgan fingerprint density at radius 3 is 2.25 bits per heavy atom. The molecule has 2 aromatic carbocycles. The number of nitrogens with one attached hydrogen (secondary N) is 2. The molecule has 0 atom stereocenters. The monoisotopic (exact) mass is 329 g/mol. The van der Waals surface area contributed by atoms with E-state index < -0.39 is 0 Å². The van der Waals surface area contributed by atoms with Gasteiger partial charge >= 0.3 is 0 Å². The van der Waals surface area contributed by atoms with Gasteiger partial charge in [0, 0.05) is 17.9 Å². The van der Waals surface area contributed by atoms with Crippen molar-refractivity contribution in [1.29, 1.82) is 0 Å².